The summed E-state index contributed by atoms with van der Waals surface area (Å²) in [6, 6.07) is 4.55. The number of methoxy groups -OCH3 is 1. The number of benzene rings is 1. The first kappa shape index (κ1) is 20.5. The minimum absolute atomic E-state index is 0.0719. The number of sulfonamides is 1. The number of amides is 1. The van der Waals surface area contributed by atoms with Gasteiger partial charge in [-0.3, -0.25) is 4.79 Å². The van der Waals surface area contributed by atoms with Crippen molar-refractivity contribution in [3.63, 3.8) is 0 Å². The Bertz CT molecular complexity index is 735. The first-order valence-electron chi connectivity index (χ1n) is 8.38. The second-order valence-electron chi connectivity index (χ2n) is 6.24. The Labute approximate surface area is 154 Å². The molecule has 0 aromatic heterocycles. The molecule has 1 amide bonds. The van der Waals surface area contributed by atoms with Crippen molar-refractivity contribution >= 4 is 15.9 Å². The molecule has 0 radical (unpaired) electrons. The number of rotatable bonds is 8. The molecule has 0 aliphatic carbocycles. The number of carbonyl (C=O) groups excluding carboxylic acids is 1. The summed E-state index contributed by atoms with van der Waals surface area (Å²) in [5.41, 5.74) is 0.409. The summed E-state index contributed by atoms with van der Waals surface area (Å²) in [6.45, 7) is 2.93. The van der Waals surface area contributed by atoms with E-state index in [1.807, 2.05) is 6.92 Å². The summed E-state index contributed by atoms with van der Waals surface area (Å²) in [7, 11) is 1.12. The molecule has 1 saturated heterocycles. The van der Waals surface area contributed by atoms with E-state index in [0.29, 0.717) is 30.3 Å². The molecule has 1 aliphatic heterocycles. The number of hydrogen-bond donors (Lipinski definition) is 1. The summed E-state index contributed by atoms with van der Waals surface area (Å²) in [6.07, 6.45) is 0. The highest BCUT2D eigenvalue weighted by atomic mass is 32.2. The van der Waals surface area contributed by atoms with Crippen LogP contribution >= 0.6 is 0 Å². The van der Waals surface area contributed by atoms with E-state index in [4.69, 9.17) is 14.2 Å². The van der Waals surface area contributed by atoms with Gasteiger partial charge in [-0.1, -0.05) is 0 Å². The van der Waals surface area contributed by atoms with Crippen molar-refractivity contribution in [3.05, 3.63) is 23.8 Å². The number of carbonyl (C=O) groups is 1. The molecule has 0 spiro atoms. The molecule has 2 rings (SSSR count). The smallest absolute Gasteiger partial charge is 0.251 e. The maximum atomic E-state index is 12.6. The SMILES string of the molecule is CCOc1ccc(C(=O)N[C@H]2COC[C@H]2CS(=O)(=O)N(C)C)cc1OC. The molecule has 1 fully saturated rings. The van der Waals surface area contributed by atoms with Crippen LogP contribution in [0.4, 0.5) is 0 Å². The van der Waals surface area contributed by atoms with Crippen molar-refractivity contribution in [1.29, 1.82) is 0 Å². The van der Waals surface area contributed by atoms with Crippen LogP contribution in [0.2, 0.25) is 0 Å². The number of hydrogen-bond acceptors (Lipinski definition) is 6. The predicted molar refractivity (Wildman–Crippen MR) is 97.2 cm³/mol. The van der Waals surface area contributed by atoms with Gasteiger partial charge in [-0.25, -0.2) is 12.7 Å². The lowest BCUT2D eigenvalue weighted by Crippen LogP contribution is -2.43. The normalized spacial score (nSPS) is 20.2. The van der Waals surface area contributed by atoms with Crippen LogP contribution in [0.5, 0.6) is 11.5 Å². The molecule has 0 saturated carbocycles. The lowest BCUT2D eigenvalue weighted by Gasteiger charge is -2.21. The van der Waals surface area contributed by atoms with Crippen molar-refractivity contribution in [2.45, 2.75) is 13.0 Å². The van der Waals surface area contributed by atoms with E-state index in [1.54, 1.807) is 18.2 Å². The molecular weight excluding hydrogens is 360 g/mol. The van der Waals surface area contributed by atoms with Crippen molar-refractivity contribution in [2.75, 3.05) is 46.8 Å². The molecule has 2 atom stereocenters. The maximum absolute atomic E-state index is 12.6. The molecule has 146 valence electrons. The van der Waals surface area contributed by atoms with Crippen molar-refractivity contribution < 1.29 is 27.4 Å². The zero-order chi connectivity index (χ0) is 19.3. The highest BCUT2D eigenvalue weighted by Gasteiger charge is 2.34. The summed E-state index contributed by atoms with van der Waals surface area (Å²) in [4.78, 5) is 12.6. The molecule has 1 aromatic rings. The number of nitrogens with one attached hydrogen (secondary N) is 1. The Morgan fingerprint density at radius 2 is 2.04 bits per heavy atom. The maximum Gasteiger partial charge on any atom is 0.251 e. The van der Waals surface area contributed by atoms with Crippen LogP contribution in [0.15, 0.2) is 18.2 Å². The van der Waals surface area contributed by atoms with Crippen LogP contribution in [0.1, 0.15) is 17.3 Å². The molecule has 0 unspecified atom stereocenters. The van der Waals surface area contributed by atoms with Gasteiger partial charge < -0.3 is 19.5 Å². The third-order valence-electron chi connectivity index (χ3n) is 4.22. The van der Waals surface area contributed by atoms with E-state index in [1.165, 1.54) is 25.5 Å². The van der Waals surface area contributed by atoms with E-state index >= 15 is 0 Å². The van der Waals surface area contributed by atoms with Crippen LogP contribution in [0.3, 0.4) is 0 Å². The van der Waals surface area contributed by atoms with E-state index in [0.717, 1.165) is 0 Å². The fraction of sp³-hybridized carbons (Fsp3) is 0.588. The van der Waals surface area contributed by atoms with Gasteiger partial charge in [0.15, 0.2) is 11.5 Å². The molecule has 1 aromatic carbocycles. The Morgan fingerprint density at radius 3 is 2.65 bits per heavy atom. The standard InChI is InChI=1S/C17H26N2O6S/c1-5-25-15-7-6-12(8-16(15)23-4)17(20)18-14-10-24-9-13(14)11-26(21,22)19(2)3/h6-8,13-14H,5,9-11H2,1-4H3,(H,18,20)/t13-,14-/m0/s1. The summed E-state index contributed by atoms with van der Waals surface area (Å²) < 4.78 is 41.5. The van der Waals surface area contributed by atoms with E-state index in [2.05, 4.69) is 5.32 Å². The first-order valence-corrected chi connectivity index (χ1v) is 9.99. The van der Waals surface area contributed by atoms with Crippen LogP contribution in [0.25, 0.3) is 0 Å². The van der Waals surface area contributed by atoms with E-state index < -0.39 is 10.0 Å². The zero-order valence-electron chi connectivity index (χ0n) is 15.5. The molecule has 0 bridgehead atoms. The second kappa shape index (κ2) is 8.70. The summed E-state index contributed by atoms with van der Waals surface area (Å²) in [5.74, 6) is 0.349. The molecule has 1 aliphatic rings. The molecular formula is C17H26N2O6S. The highest BCUT2D eigenvalue weighted by molar-refractivity contribution is 7.89. The van der Waals surface area contributed by atoms with Crippen LogP contribution in [-0.4, -0.2) is 71.5 Å². The molecule has 26 heavy (non-hydrogen) atoms. The third-order valence-corrected chi connectivity index (χ3v) is 6.18. The van der Waals surface area contributed by atoms with Gasteiger partial charge in [0.25, 0.3) is 5.91 Å². The minimum Gasteiger partial charge on any atom is -0.493 e. The van der Waals surface area contributed by atoms with Gasteiger partial charge in [-0.2, -0.15) is 0 Å². The fourth-order valence-corrected chi connectivity index (χ4v) is 3.85. The van der Waals surface area contributed by atoms with Gasteiger partial charge >= 0.3 is 0 Å². The predicted octanol–water partition coefficient (Wildman–Crippen LogP) is 0.730. The van der Waals surface area contributed by atoms with Gasteiger partial charge in [-0.05, 0) is 25.1 Å². The lowest BCUT2D eigenvalue weighted by molar-refractivity contribution is 0.0925. The van der Waals surface area contributed by atoms with Crippen LogP contribution < -0.4 is 14.8 Å². The van der Waals surface area contributed by atoms with Gasteiger partial charge in [0.1, 0.15) is 0 Å². The van der Waals surface area contributed by atoms with Crippen molar-refractivity contribution in [2.24, 2.45) is 5.92 Å². The van der Waals surface area contributed by atoms with E-state index in [9.17, 15) is 13.2 Å². The monoisotopic (exact) mass is 386 g/mol. The highest BCUT2D eigenvalue weighted by Crippen LogP contribution is 2.28. The van der Waals surface area contributed by atoms with Gasteiger partial charge in [-0.15, -0.1) is 0 Å². The van der Waals surface area contributed by atoms with Gasteiger partial charge in [0.05, 0.1) is 38.7 Å². The first-order chi connectivity index (χ1) is 12.3. The van der Waals surface area contributed by atoms with Crippen molar-refractivity contribution in [3.8, 4) is 11.5 Å². The van der Waals surface area contributed by atoms with Crippen molar-refractivity contribution in [1.82, 2.24) is 9.62 Å². The number of nitrogens with zero attached hydrogens (tertiary/aromatic N) is 1. The summed E-state index contributed by atoms with van der Waals surface area (Å²) >= 11 is 0. The topological polar surface area (TPSA) is 94.2 Å². The fourth-order valence-electron chi connectivity index (χ4n) is 2.68. The van der Waals surface area contributed by atoms with Crippen LogP contribution in [0, 0.1) is 5.92 Å². The average molecular weight is 386 g/mol. The van der Waals surface area contributed by atoms with Gasteiger partial charge in [0, 0.05) is 25.6 Å². The Kier molecular flexibility index (Phi) is 6.85. The third kappa shape index (κ3) is 4.87. The lowest BCUT2D eigenvalue weighted by atomic mass is 10.1. The summed E-state index contributed by atoms with van der Waals surface area (Å²) in [5, 5.41) is 2.87. The minimum atomic E-state index is -3.37. The Hall–Kier alpha value is -1.84. The Balaban J connectivity index is 2.09. The number of ether oxygens (including phenoxy) is 3. The Morgan fingerprint density at radius 1 is 1.31 bits per heavy atom. The second-order valence-corrected chi connectivity index (χ2v) is 8.46. The van der Waals surface area contributed by atoms with Gasteiger partial charge in [0.2, 0.25) is 10.0 Å². The molecule has 1 heterocycles. The quantitative estimate of drug-likeness (QED) is 0.708. The zero-order valence-corrected chi connectivity index (χ0v) is 16.3. The molecule has 9 heteroatoms. The molecule has 8 nitrogen and oxygen atoms in total. The largest absolute Gasteiger partial charge is 0.493 e. The molecule has 1 N–H and O–H groups in total. The average Bonchev–Trinajstić information content (AvgIpc) is 3.01. The van der Waals surface area contributed by atoms with E-state index in [-0.39, 0.29) is 30.2 Å². The van der Waals surface area contributed by atoms with Crippen LogP contribution in [-0.2, 0) is 14.8 Å².